The van der Waals surface area contributed by atoms with Crippen LogP contribution in [0.5, 0.6) is 0 Å². The second-order valence-electron chi connectivity index (χ2n) is 8.18. The van der Waals surface area contributed by atoms with Crippen LogP contribution in [0.3, 0.4) is 0 Å². The molecule has 0 saturated heterocycles. The van der Waals surface area contributed by atoms with Gasteiger partial charge in [0, 0.05) is 12.5 Å². The summed E-state index contributed by atoms with van der Waals surface area (Å²) in [6.07, 6.45) is 4.43. The Morgan fingerprint density at radius 2 is 2.10 bits per heavy atom. The van der Waals surface area contributed by atoms with Gasteiger partial charge in [-0.3, -0.25) is 14.4 Å². The van der Waals surface area contributed by atoms with Crippen molar-refractivity contribution in [3.63, 3.8) is 0 Å². The van der Waals surface area contributed by atoms with Crippen molar-refractivity contribution in [2.75, 3.05) is 11.4 Å². The molecule has 0 aromatic heterocycles. The predicted octanol–water partition coefficient (Wildman–Crippen LogP) is 0.795. The first-order chi connectivity index (χ1) is 14.8. The number of carbonyl (C=O) groups is 3. The molecular formula is C22H34N6O3. The SMILES string of the molecule is CCC(C)CC(=O)NC1CCc2cccc3c2N(C1=O)C(C)C3.N/N=C(\N)CNC=O. The molecule has 0 saturated carbocycles. The molecule has 3 amide bonds. The summed E-state index contributed by atoms with van der Waals surface area (Å²) < 4.78 is 0. The van der Waals surface area contributed by atoms with Crippen LogP contribution < -0.4 is 27.1 Å². The highest BCUT2D eigenvalue weighted by atomic mass is 16.2. The van der Waals surface area contributed by atoms with Gasteiger partial charge in [0.25, 0.3) is 0 Å². The number of benzene rings is 1. The zero-order valence-electron chi connectivity index (χ0n) is 18.6. The van der Waals surface area contributed by atoms with E-state index in [-0.39, 0.29) is 30.2 Å². The third-order valence-electron chi connectivity index (χ3n) is 5.74. The Bertz CT molecular complexity index is 825. The predicted molar refractivity (Wildman–Crippen MR) is 121 cm³/mol. The summed E-state index contributed by atoms with van der Waals surface area (Å²) in [6.45, 7) is 6.45. The molecule has 2 aliphatic heterocycles. The van der Waals surface area contributed by atoms with Crippen LogP contribution in [0.2, 0.25) is 0 Å². The topological polar surface area (TPSA) is 143 Å². The van der Waals surface area contributed by atoms with E-state index in [1.807, 2.05) is 4.90 Å². The molecule has 0 spiro atoms. The quantitative estimate of drug-likeness (QED) is 0.166. The van der Waals surface area contributed by atoms with E-state index < -0.39 is 6.04 Å². The molecule has 3 unspecified atom stereocenters. The van der Waals surface area contributed by atoms with Crippen molar-refractivity contribution in [1.82, 2.24) is 10.6 Å². The number of hydrogen-bond donors (Lipinski definition) is 4. The highest BCUT2D eigenvalue weighted by Gasteiger charge is 2.39. The number of anilines is 1. The van der Waals surface area contributed by atoms with Gasteiger partial charge in [-0.05, 0) is 43.2 Å². The summed E-state index contributed by atoms with van der Waals surface area (Å²) in [7, 11) is 0. The number of hydrogen-bond acceptors (Lipinski definition) is 5. The van der Waals surface area contributed by atoms with Crippen LogP contribution in [0.25, 0.3) is 0 Å². The number of nitrogens with one attached hydrogen (secondary N) is 2. The van der Waals surface area contributed by atoms with Crippen molar-refractivity contribution in [3.05, 3.63) is 29.3 Å². The van der Waals surface area contributed by atoms with Crippen molar-refractivity contribution in [1.29, 1.82) is 0 Å². The minimum Gasteiger partial charge on any atom is -0.384 e. The van der Waals surface area contributed by atoms with Gasteiger partial charge >= 0.3 is 0 Å². The molecule has 6 N–H and O–H groups in total. The molecule has 2 aliphatic rings. The van der Waals surface area contributed by atoms with Crippen molar-refractivity contribution in [2.45, 2.75) is 65.0 Å². The summed E-state index contributed by atoms with van der Waals surface area (Å²) in [5.41, 5.74) is 8.66. The van der Waals surface area contributed by atoms with E-state index in [0.29, 0.717) is 25.2 Å². The number of para-hydroxylation sites is 1. The maximum atomic E-state index is 13.0. The van der Waals surface area contributed by atoms with Crippen LogP contribution in [-0.2, 0) is 27.2 Å². The fraction of sp³-hybridized carbons (Fsp3) is 0.545. The Labute approximate surface area is 183 Å². The van der Waals surface area contributed by atoms with E-state index in [9.17, 15) is 14.4 Å². The molecule has 9 heteroatoms. The summed E-state index contributed by atoms with van der Waals surface area (Å²) in [5, 5.41) is 8.37. The third kappa shape index (κ3) is 6.19. The number of rotatable bonds is 7. The molecule has 9 nitrogen and oxygen atoms in total. The Kier molecular flexibility index (Phi) is 8.84. The average molecular weight is 431 g/mol. The molecule has 3 rings (SSSR count). The van der Waals surface area contributed by atoms with Gasteiger partial charge in [-0.2, -0.15) is 5.10 Å². The van der Waals surface area contributed by atoms with Crippen LogP contribution >= 0.6 is 0 Å². The second kappa shape index (κ2) is 11.3. The zero-order chi connectivity index (χ0) is 23.0. The first-order valence-electron chi connectivity index (χ1n) is 10.7. The third-order valence-corrected chi connectivity index (χ3v) is 5.74. The maximum absolute atomic E-state index is 13.0. The molecule has 3 atom stereocenters. The highest BCUT2D eigenvalue weighted by molar-refractivity contribution is 6.02. The van der Waals surface area contributed by atoms with Gasteiger partial charge in [-0.1, -0.05) is 38.5 Å². The summed E-state index contributed by atoms with van der Waals surface area (Å²) in [4.78, 5) is 36.7. The van der Waals surface area contributed by atoms with Gasteiger partial charge in [0.15, 0.2) is 0 Å². The van der Waals surface area contributed by atoms with Gasteiger partial charge in [0.2, 0.25) is 18.2 Å². The van der Waals surface area contributed by atoms with Crippen LogP contribution in [0.4, 0.5) is 5.69 Å². The maximum Gasteiger partial charge on any atom is 0.249 e. The molecule has 0 fully saturated rings. The lowest BCUT2D eigenvalue weighted by molar-refractivity contribution is -0.128. The first-order valence-corrected chi connectivity index (χ1v) is 10.7. The smallest absolute Gasteiger partial charge is 0.249 e. The van der Waals surface area contributed by atoms with Crippen molar-refractivity contribution in [2.24, 2.45) is 22.6 Å². The number of aryl methyl sites for hydroxylation is 1. The minimum absolute atomic E-state index is 0.00395. The van der Waals surface area contributed by atoms with Gasteiger partial charge in [0.1, 0.15) is 11.9 Å². The van der Waals surface area contributed by atoms with Gasteiger partial charge < -0.3 is 27.1 Å². The molecular weight excluding hydrogens is 396 g/mol. The molecule has 0 aliphatic carbocycles. The molecule has 31 heavy (non-hydrogen) atoms. The lowest BCUT2D eigenvalue weighted by Gasteiger charge is -2.26. The summed E-state index contributed by atoms with van der Waals surface area (Å²) >= 11 is 0. The molecule has 2 heterocycles. The lowest BCUT2D eigenvalue weighted by atomic mass is 10.0. The van der Waals surface area contributed by atoms with E-state index in [4.69, 9.17) is 11.6 Å². The Morgan fingerprint density at radius 3 is 2.74 bits per heavy atom. The largest absolute Gasteiger partial charge is 0.384 e. The lowest BCUT2D eigenvalue weighted by Crippen LogP contribution is -2.50. The molecule has 0 bridgehead atoms. The highest BCUT2D eigenvalue weighted by Crippen LogP contribution is 2.38. The monoisotopic (exact) mass is 430 g/mol. The second-order valence-corrected chi connectivity index (χ2v) is 8.18. The fourth-order valence-electron chi connectivity index (χ4n) is 3.91. The van der Waals surface area contributed by atoms with Gasteiger partial charge in [0.05, 0.1) is 12.2 Å². The number of hydrazone groups is 1. The molecule has 170 valence electrons. The van der Waals surface area contributed by atoms with E-state index in [2.05, 4.69) is 54.7 Å². The van der Waals surface area contributed by atoms with Crippen molar-refractivity contribution >= 4 is 29.7 Å². The number of nitrogens with two attached hydrogens (primary N) is 2. The van der Waals surface area contributed by atoms with Crippen molar-refractivity contribution in [3.8, 4) is 0 Å². The average Bonchev–Trinajstić information content (AvgIpc) is 3.03. The Hall–Kier alpha value is -3.10. The van der Waals surface area contributed by atoms with Crippen molar-refractivity contribution < 1.29 is 14.4 Å². The fourth-order valence-corrected chi connectivity index (χ4v) is 3.91. The molecule has 1 aromatic rings. The Balaban J connectivity index is 0.000000366. The van der Waals surface area contributed by atoms with E-state index in [1.54, 1.807) is 0 Å². The summed E-state index contributed by atoms with van der Waals surface area (Å²) in [5.74, 6) is 5.33. The summed E-state index contributed by atoms with van der Waals surface area (Å²) in [6, 6.07) is 6.08. The number of amidine groups is 1. The number of amides is 3. The van der Waals surface area contributed by atoms with Crippen LogP contribution in [0.1, 0.15) is 51.2 Å². The van der Waals surface area contributed by atoms with E-state index >= 15 is 0 Å². The van der Waals surface area contributed by atoms with Gasteiger partial charge in [-0.25, -0.2) is 0 Å². The normalized spacial score (nSPS) is 20.7. The van der Waals surface area contributed by atoms with Crippen LogP contribution in [0, 0.1) is 5.92 Å². The van der Waals surface area contributed by atoms with E-state index in [0.717, 1.165) is 24.9 Å². The van der Waals surface area contributed by atoms with Crippen LogP contribution in [0.15, 0.2) is 23.3 Å². The Morgan fingerprint density at radius 1 is 1.39 bits per heavy atom. The standard InChI is InChI=1S/C19H26N2O2.C3H8N4O/c1-4-12(2)10-17(22)20-16-9-8-14-6-5-7-15-11-13(3)21(18(14)15)19(16)23;4-3(7-5)1-6-2-8/h5-7,12-13,16H,4,8-11H2,1-3H3,(H,20,22);2H,1,5H2,(H2,4,7)(H,6,8). The van der Waals surface area contributed by atoms with Gasteiger partial charge in [-0.15, -0.1) is 0 Å². The van der Waals surface area contributed by atoms with Crippen LogP contribution in [-0.4, -0.2) is 42.7 Å². The number of nitrogens with zero attached hydrogens (tertiary/aromatic N) is 2. The minimum atomic E-state index is -0.396. The van der Waals surface area contributed by atoms with E-state index in [1.165, 1.54) is 11.1 Å². The first kappa shape index (κ1) is 24.2. The molecule has 0 radical (unpaired) electrons. The molecule has 1 aromatic carbocycles. The number of carbonyl (C=O) groups excluding carboxylic acids is 3. The zero-order valence-corrected chi connectivity index (χ0v) is 18.6.